The maximum atomic E-state index is 4.85. The van der Waals surface area contributed by atoms with Gasteiger partial charge in [-0.3, -0.25) is 4.68 Å². The third-order valence-corrected chi connectivity index (χ3v) is 2.90. The SMILES string of the molecule is CONCc1cccc2c(Br)nn(C)c12. The molecule has 80 valence electrons. The first-order valence-corrected chi connectivity index (χ1v) is 5.39. The molecule has 0 unspecified atom stereocenters. The van der Waals surface area contributed by atoms with Gasteiger partial charge in [-0.05, 0) is 21.5 Å². The minimum atomic E-state index is 0.666. The highest BCUT2D eigenvalue weighted by atomic mass is 79.9. The Morgan fingerprint density at radius 2 is 2.33 bits per heavy atom. The number of hydroxylamine groups is 1. The van der Waals surface area contributed by atoms with Crippen LogP contribution in [0.15, 0.2) is 22.8 Å². The van der Waals surface area contributed by atoms with Crippen molar-refractivity contribution in [1.29, 1.82) is 0 Å². The van der Waals surface area contributed by atoms with E-state index in [1.54, 1.807) is 7.11 Å². The number of nitrogens with one attached hydrogen (secondary N) is 1. The predicted molar refractivity (Wildman–Crippen MR) is 62.3 cm³/mol. The summed E-state index contributed by atoms with van der Waals surface area (Å²) in [6, 6.07) is 6.12. The molecule has 4 nitrogen and oxygen atoms in total. The smallest absolute Gasteiger partial charge is 0.135 e. The molecule has 0 amide bonds. The number of aryl methyl sites for hydroxylation is 1. The number of nitrogens with zero attached hydrogens (tertiary/aromatic N) is 2. The van der Waals surface area contributed by atoms with Crippen LogP contribution in [0.4, 0.5) is 0 Å². The number of fused-ring (bicyclic) bond motifs is 1. The van der Waals surface area contributed by atoms with Crippen LogP contribution in [0, 0.1) is 0 Å². The number of hydrogen-bond acceptors (Lipinski definition) is 3. The van der Waals surface area contributed by atoms with Gasteiger partial charge in [-0.25, -0.2) is 0 Å². The van der Waals surface area contributed by atoms with Crippen LogP contribution in [0.25, 0.3) is 10.9 Å². The van der Waals surface area contributed by atoms with Crippen molar-refractivity contribution >= 4 is 26.8 Å². The first-order chi connectivity index (χ1) is 7.24. The van der Waals surface area contributed by atoms with Crippen molar-refractivity contribution in [1.82, 2.24) is 15.3 Å². The Hall–Kier alpha value is -0.910. The molecule has 0 fully saturated rings. The van der Waals surface area contributed by atoms with Gasteiger partial charge in [0.1, 0.15) is 4.60 Å². The molecule has 15 heavy (non-hydrogen) atoms. The lowest BCUT2D eigenvalue weighted by Gasteiger charge is -2.05. The zero-order chi connectivity index (χ0) is 10.8. The molecular formula is C10H12BrN3O. The molecule has 1 heterocycles. The predicted octanol–water partition coefficient (Wildman–Crippen LogP) is 1.99. The van der Waals surface area contributed by atoms with Gasteiger partial charge in [-0.2, -0.15) is 10.6 Å². The number of benzene rings is 1. The van der Waals surface area contributed by atoms with Gasteiger partial charge in [0, 0.05) is 19.0 Å². The standard InChI is InChI=1S/C10H12BrN3O/c1-14-9-7(6-12-15-2)4-3-5-8(9)10(11)13-14/h3-5,12H,6H2,1-2H3. The van der Waals surface area contributed by atoms with E-state index >= 15 is 0 Å². The lowest BCUT2D eigenvalue weighted by Crippen LogP contribution is -2.11. The van der Waals surface area contributed by atoms with Crippen molar-refractivity contribution in [3.8, 4) is 0 Å². The quantitative estimate of drug-likeness (QED) is 0.867. The molecule has 1 N–H and O–H groups in total. The average molecular weight is 270 g/mol. The summed E-state index contributed by atoms with van der Waals surface area (Å²) in [4.78, 5) is 4.85. The van der Waals surface area contributed by atoms with Crippen LogP contribution in [-0.4, -0.2) is 16.9 Å². The Kier molecular flexibility index (Phi) is 3.04. The van der Waals surface area contributed by atoms with Crippen molar-refractivity contribution in [3.63, 3.8) is 0 Å². The lowest BCUT2D eigenvalue weighted by molar-refractivity contribution is 0.0869. The lowest BCUT2D eigenvalue weighted by atomic mass is 10.1. The highest BCUT2D eigenvalue weighted by Crippen LogP contribution is 2.25. The Bertz CT molecular complexity index is 481. The van der Waals surface area contributed by atoms with E-state index in [4.69, 9.17) is 4.84 Å². The molecule has 1 aromatic carbocycles. The molecule has 5 heteroatoms. The van der Waals surface area contributed by atoms with Crippen LogP contribution in [-0.2, 0) is 18.4 Å². The largest absolute Gasteiger partial charge is 0.305 e. The van der Waals surface area contributed by atoms with Crippen LogP contribution in [0.2, 0.25) is 0 Å². The van der Waals surface area contributed by atoms with E-state index in [9.17, 15) is 0 Å². The van der Waals surface area contributed by atoms with E-state index in [1.807, 2.05) is 23.9 Å². The van der Waals surface area contributed by atoms with Gasteiger partial charge in [0.25, 0.3) is 0 Å². The molecule has 2 rings (SSSR count). The summed E-state index contributed by atoms with van der Waals surface area (Å²) < 4.78 is 2.74. The Morgan fingerprint density at radius 3 is 3.07 bits per heavy atom. The van der Waals surface area contributed by atoms with Crippen LogP contribution in [0.1, 0.15) is 5.56 Å². The van der Waals surface area contributed by atoms with E-state index in [0.717, 1.165) is 21.1 Å². The molecule has 0 atom stereocenters. The molecule has 1 aromatic heterocycles. The molecule has 2 aromatic rings. The van der Waals surface area contributed by atoms with Gasteiger partial charge in [0.15, 0.2) is 0 Å². The second kappa shape index (κ2) is 4.30. The summed E-state index contributed by atoms with van der Waals surface area (Å²) in [5, 5.41) is 5.44. The third-order valence-electron chi connectivity index (χ3n) is 2.31. The normalized spacial score (nSPS) is 11.1. The zero-order valence-electron chi connectivity index (χ0n) is 8.62. The van der Waals surface area contributed by atoms with Crippen LogP contribution >= 0.6 is 15.9 Å². The summed E-state index contributed by atoms with van der Waals surface area (Å²) in [7, 11) is 3.54. The van der Waals surface area contributed by atoms with E-state index in [1.165, 1.54) is 0 Å². The molecule has 0 spiro atoms. The summed E-state index contributed by atoms with van der Waals surface area (Å²) in [5.74, 6) is 0. The van der Waals surface area contributed by atoms with Crippen molar-refractivity contribution in [2.24, 2.45) is 7.05 Å². The highest BCUT2D eigenvalue weighted by molar-refractivity contribution is 9.10. The topological polar surface area (TPSA) is 39.1 Å². The van der Waals surface area contributed by atoms with Gasteiger partial charge in [0.05, 0.1) is 12.6 Å². The van der Waals surface area contributed by atoms with Gasteiger partial charge >= 0.3 is 0 Å². The van der Waals surface area contributed by atoms with Crippen molar-refractivity contribution < 1.29 is 4.84 Å². The zero-order valence-corrected chi connectivity index (χ0v) is 10.2. The summed E-state index contributed by atoms with van der Waals surface area (Å²) in [5.41, 5.74) is 5.12. The first kappa shape index (κ1) is 10.6. The first-order valence-electron chi connectivity index (χ1n) is 4.60. The Morgan fingerprint density at radius 1 is 1.53 bits per heavy atom. The molecule has 0 saturated heterocycles. The van der Waals surface area contributed by atoms with Gasteiger partial charge in [-0.15, -0.1) is 0 Å². The number of halogens is 1. The second-order valence-electron chi connectivity index (χ2n) is 3.25. The van der Waals surface area contributed by atoms with Crippen LogP contribution < -0.4 is 5.48 Å². The summed E-state index contributed by atoms with van der Waals surface area (Å²) >= 11 is 3.44. The van der Waals surface area contributed by atoms with Crippen LogP contribution in [0.3, 0.4) is 0 Å². The van der Waals surface area contributed by atoms with E-state index < -0.39 is 0 Å². The third kappa shape index (κ3) is 1.90. The minimum absolute atomic E-state index is 0.666. The maximum Gasteiger partial charge on any atom is 0.135 e. The molecule has 0 aliphatic carbocycles. The fourth-order valence-corrected chi connectivity index (χ4v) is 2.23. The fourth-order valence-electron chi connectivity index (χ4n) is 1.67. The molecule has 0 saturated carbocycles. The summed E-state index contributed by atoms with van der Waals surface area (Å²) in [6.07, 6.45) is 0. The fraction of sp³-hybridized carbons (Fsp3) is 0.300. The number of aromatic nitrogens is 2. The van der Waals surface area contributed by atoms with E-state index in [2.05, 4.69) is 32.6 Å². The van der Waals surface area contributed by atoms with Crippen molar-refractivity contribution in [2.45, 2.75) is 6.54 Å². The summed E-state index contributed by atoms with van der Waals surface area (Å²) in [6.45, 7) is 0.666. The number of para-hydroxylation sites is 1. The molecule has 0 bridgehead atoms. The molecular weight excluding hydrogens is 258 g/mol. The molecule has 0 aliphatic heterocycles. The van der Waals surface area contributed by atoms with Gasteiger partial charge in [-0.1, -0.05) is 18.2 Å². The minimum Gasteiger partial charge on any atom is -0.305 e. The second-order valence-corrected chi connectivity index (χ2v) is 4.00. The van der Waals surface area contributed by atoms with Crippen molar-refractivity contribution in [2.75, 3.05) is 7.11 Å². The van der Waals surface area contributed by atoms with Crippen molar-refractivity contribution in [3.05, 3.63) is 28.4 Å². The van der Waals surface area contributed by atoms with Crippen LogP contribution in [0.5, 0.6) is 0 Å². The number of hydrogen-bond donors (Lipinski definition) is 1. The highest BCUT2D eigenvalue weighted by Gasteiger charge is 2.09. The molecule has 0 aliphatic rings. The van der Waals surface area contributed by atoms with Gasteiger partial charge in [0.2, 0.25) is 0 Å². The molecule has 0 radical (unpaired) electrons. The Labute approximate surface area is 96.3 Å². The maximum absolute atomic E-state index is 4.85. The Balaban J connectivity index is 2.54. The average Bonchev–Trinajstić information content (AvgIpc) is 2.53. The van der Waals surface area contributed by atoms with Gasteiger partial charge < -0.3 is 4.84 Å². The number of rotatable bonds is 3. The monoisotopic (exact) mass is 269 g/mol. The van der Waals surface area contributed by atoms with E-state index in [0.29, 0.717) is 6.54 Å². The van der Waals surface area contributed by atoms with E-state index in [-0.39, 0.29) is 0 Å².